The first-order valence-corrected chi connectivity index (χ1v) is 8.58. The monoisotopic (exact) mass is 335 g/mol. The van der Waals surface area contributed by atoms with Gasteiger partial charge in [0.1, 0.15) is 0 Å². The number of aliphatic hydroxyl groups excluding tert-OH is 1. The molecule has 1 N–H and O–H groups in total. The van der Waals surface area contributed by atoms with E-state index in [-0.39, 0.29) is 0 Å². The lowest BCUT2D eigenvalue weighted by Crippen LogP contribution is -2.38. The molecule has 2 aromatic carbocycles. The molecule has 0 saturated heterocycles. The summed E-state index contributed by atoms with van der Waals surface area (Å²) in [5, 5.41) is 22.9. The highest BCUT2D eigenvalue weighted by atomic mass is 16.3. The Balaban J connectivity index is 1.35. The molecular formula is C19H21N5O. The van der Waals surface area contributed by atoms with Crippen molar-refractivity contribution in [1.29, 1.82) is 0 Å². The SMILES string of the molecule is OC(CN1CCc2ccccc2C1)Cn1nnc(-c2ccccc2)n1. The zero-order valence-corrected chi connectivity index (χ0v) is 14.0. The van der Waals surface area contributed by atoms with Gasteiger partial charge in [0.2, 0.25) is 5.82 Å². The molecule has 6 nitrogen and oxygen atoms in total. The third-order valence-electron chi connectivity index (χ3n) is 4.54. The van der Waals surface area contributed by atoms with E-state index in [0.29, 0.717) is 18.9 Å². The van der Waals surface area contributed by atoms with Crippen molar-refractivity contribution in [2.24, 2.45) is 0 Å². The lowest BCUT2D eigenvalue weighted by Gasteiger charge is -2.30. The minimum Gasteiger partial charge on any atom is -0.390 e. The van der Waals surface area contributed by atoms with Crippen LogP contribution in [0.2, 0.25) is 0 Å². The summed E-state index contributed by atoms with van der Waals surface area (Å²) in [5.41, 5.74) is 3.70. The van der Waals surface area contributed by atoms with Crippen molar-refractivity contribution in [3.63, 3.8) is 0 Å². The summed E-state index contributed by atoms with van der Waals surface area (Å²) in [4.78, 5) is 3.76. The Kier molecular flexibility index (Phi) is 4.54. The predicted molar refractivity (Wildman–Crippen MR) is 94.7 cm³/mol. The van der Waals surface area contributed by atoms with Crippen LogP contribution in [0.3, 0.4) is 0 Å². The summed E-state index contributed by atoms with van der Waals surface area (Å²) in [6.45, 7) is 2.80. The number of β-amino-alcohol motifs (C(OH)–C–C–N with tert-alkyl or cyclic N) is 1. The van der Waals surface area contributed by atoms with Crippen molar-refractivity contribution in [3.8, 4) is 11.4 Å². The molecule has 25 heavy (non-hydrogen) atoms. The standard InChI is InChI=1S/C19H21N5O/c25-18(13-23-11-10-15-6-4-5-9-17(15)12-23)14-24-21-19(20-22-24)16-7-2-1-3-8-16/h1-9,18,25H,10-14H2. The second kappa shape index (κ2) is 7.13. The van der Waals surface area contributed by atoms with Gasteiger partial charge < -0.3 is 5.11 Å². The average Bonchev–Trinajstić information content (AvgIpc) is 3.10. The molecule has 1 unspecified atom stereocenters. The fraction of sp³-hybridized carbons (Fsp3) is 0.316. The molecule has 0 bridgehead atoms. The van der Waals surface area contributed by atoms with E-state index < -0.39 is 6.10 Å². The van der Waals surface area contributed by atoms with E-state index in [1.54, 1.807) is 0 Å². The second-order valence-corrected chi connectivity index (χ2v) is 6.44. The second-order valence-electron chi connectivity index (χ2n) is 6.44. The summed E-state index contributed by atoms with van der Waals surface area (Å²) in [7, 11) is 0. The highest BCUT2D eigenvalue weighted by molar-refractivity contribution is 5.52. The fourth-order valence-corrected chi connectivity index (χ4v) is 3.28. The molecule has 1 aliphatic rings. The zero-order chi connectivity index (χ0) is 17.1. The van der Waals surface area contributed by atoms with E-state index in [0.717, 1.165) is 25.1 Å². The van der Waals surface area contributed by atoms with Crippen LogP contribution in [0, 0.1) is 0 Å². The number of nitrogens with zero attached hydrogens (tertiary/aromatic N) is 5. The first kappa shape index (κ1) is 15.9. The lowest BCUT2D eigenvalue weighted by atomic mass is 10.00. The molecule has 6 heteroatoms. The molecule has 2 heterocycles. The molecule has 0 amide bonds. The summed E-state index contributed by atoms with van der Waals surface area (Å²) in [5.74, 6) is 0.583. The summed E-state index contributed by atoms with van der Waals surface area (Å²) < 4.78 is 0. The van der Waals surface area contributed by atoms with Gasteiger partial charge >= 0.3 is 0 Å². The number of aromatic nitrogens is 4. The highest BCUT2D eigenvalue weighted by Crippen LogP contribution is 2.18. The van der Waals surface area contributed by atoms with Gasteiger partial charge in [0.25, 0.3) is 0 Å². The Bertz CT molecular complexity index is 833. The zero-order valence-electron chi connectivity index (χ0n) is 14.0. The number of rotatable bonds is 5. The van der Waals surface area contributed by atoms with Crippen molar-refractivity contribution < 1.29 is 5.11 Å². The quantitative estimate of drug-likeness (QED) is 0.769. The number of hydrogen-bond acceptors (Lipinski definition) is 5. The van der Waals surface area contributed by atoms with Gasteiger partial charge in [0, 0.05) is 25.2 Å². The molecule has 3 aromatic rings. The summed E-state index contributed by atoms with van der Waals surface area (Å²) in [6.07, 6.45) is 0.505. The minimum absolute atomic E-state index is 0.345. The maximum Gasteiger partial charge on any atom is 0.204 e. The molecule has 128 valence electrons. The largest absolute Gasteiger partial charge is 0.390 e. The first-order chi connectivity index (χ1) is 12.3. The van der Waals surface area contributed by atoms with Gasteiger partial charge in [-0.3, -0.25) is 4.90 Å². The van der Waals surface area contributed by atoms with E-state index in [1.807, 2.05) is 30.3 Å². The Hall–Kier alpha value is -2.57. The Morgan fingerprint density at radius 1 is 0.960 bits per heavy atom. The van der Waals surface area contributed by atoms with Gasteiger partial charge in [-0.05, 0) is 22.8 Å². The van der Waals surface area contributed by atoms with Crippen LogP contribution < -0.4 is 0 Å². The lowest BCUT2D eigenvalue weighted by molar-refractivity contribution is 0.0849. The van der Waals surface area contributed by atoms with Crippen molar-refractivity contribution in [2.75, 3.05) is 13.1 Å². The van der Waals surface area contributed by atoms with Crippen LogP contribution in [0.4, 0.5) is 0 Å². The summed E-state index contributed by atoms with van der Waals surface area (Å²) in [6, 6.07) is 18.2. The fourth-order valence-electron chi connectivity index (χ4n) is 3.28. The third-order valence-corrected chi connectivity index (χ3v) is 4.54. The van der Waals surface area contributed by atoms with Crippen LogP contribution in [0.25, 0.3) is 11.4 Å². The van der Waals surface area contributed by atoms with Crippen molar-refractivity contribution in [1.82, 2.24) is 25.1 Å². The number of hydrogen-bond donors (Lipinski definition) is 1. The van der Waals surface area contributed by atoms with Crippen LogP contribution in [0.1, 0.15) is 11.1 Å². The number of benzene rings is 2. The van der Waals surface area contributed by atoms with E-state index in [1.165, 1.54) is 15.9 Å². The average molecular weight is 335 g/mol. The van der Waals surface area contributed by atoms with E-state index in [2.05, 4.69) is 44.6 Å². The van der Waals surface area contributed by atoms with Crippen LogP contribution in [0.15, 0.2) is 54.6 Å². The van der Waals surface area contributed by atoms with Crippen LogP contribution in [-0.2, 0) is 19.5 Å². The topological polar surface area (TPSA) is 67.1 Å². The molecule has 1 aliphatic heterocycles. The molecule has 0 fully saturated rings. The Morgan fingerprint density at radius 3 is 2.56 bits per heavy atom. The minimum atomic E-state index is -0.525. The maximum atomic E-state index is 10.4. The molecule has 0 spiro atoms. The Morgan fingerprint density at radius 2 is 1.72 bits per heavy atom. The molecular weight excluding hydrogens is 314 g/mol. The number of tetrazole rings is 1. The maximum absolute atomic E-state index is 10.4. The smallest absolute Gasteiger partial charge is 0.204 e. The highest BCUT2D eigenvalue weighted by Gasteiger charge is 2.19. The van der Waals surface area contributed by atoms with Gasteiger partial charge in [-0.2, -0.15) is 4.80 Å². The molecule has 4 rings (SSSR count). The molecule has 0 aliphatic carbocycles. The molecule has 1 aromatic heterocycles. The summed E-state index contributed by atoms with van der Waals surface area (Å²) >= 11 is 0. The van der Waals surface area contributed by atoms with Crippen LogP contribution >= 0.6 is 0 Å². The van der Waals surface area contributed by atoms with Crippen LogP contribution in [0.5, 0.6) is 0 Å². The number of fused-ring (bicyclic) bond motifs is 1. The van der Waals surface area contributed by atoms with E-state index >= 15 is 0 Å². The predicted octanol–water partition coefficient (Wildman–Crippen LogP) is 1.76. The van der Waals surface area contributed by atoms with Gasteiger partial charge in [0.15, 0.2) is 0 Å². The van der Waals surface area contributed by atoms with Gasteiger partial charge in [-0.1, -0.05) is 54.6 Å². The van der Waals surface area contributed by atoms with E-state index in [9.17, 15) is 5.11 Å². The van der Waals surface area contributed by atoms with Crippen molar-refractivity contribution >= 4 is 0 Å². The molecule has 1 atom stereocenters. The van der Waals surface area contributed by atoms with Crippen LogP contribution in [-0.4, -0.2) is 49.4 Å². The third kappa shape index (κ3) is 3.75. The van der Waals surface area contributed by atoms with Gasteiger partial charge in [-0.25, -0.2) is 0 Å². The van der Waals surface area contributed by atoms with E-state index in [4.69, 9.17) is 0 Å². The van der Waals surface area contributed by atoms with Crippen molar-refractivity contribution in [3.05, 3.63) is 65.7 Å². The van der Waals surface area contributed by atoms with Gasteiger partial charge in [0.05, 0.1) is 12.6 Å². The van der Waals surface area contributed by atoms with Gasteiger partial charge in [-0.15, -0.1) is 10.2 Å². The first-order valence-electron chi connectivity index (χ1n) is 8.58. The molecule has 0 radical (unpaired) electrons. The van der Waals surface area contributed by atoms with Crippen molar-refractivity contribution in [2.45, 2.75) is 25.6 Å². The number of aliphatic hydroxyl groups is 1. The Labute approximate surface area is 146 Å². The normalized spacial score (nSPS) is 15.7. The molecule has 0 saturated carbocycles.